The van der Waals surface area contributed by atoms with Gasteiger partial charge < -0.3 is 9.47 Å². The van der Waals surface area contributed by atoms with Gasteiger partial charge >= 0.3 is 11.9 Å². The molecule has 1 aliphatic carbocycles. The fraction of sp³-hybridized carbons (Fsp3) is 0.444. The molecule has 1 aliphatic rings. The highest BCUT2D eigenvalue weighted by atomic mass is 16.5. The molecule has 6 nitrogen and oxygen atoms in total. The Morgan fingerprint density at radius 2 is 1.38 bits per heavy atom. The Balaban J connectivity index is 2.51. The van der Waals surface area contributed by atoms with E-state index >= 15 is 0 Å². The smallest absolute Gasteiger partial charge is 0.317 e. The first-order valence-electron chi connectivity index (χ1n) is 7.94. The van der Waals surface area contributed by atoms with E-state index in [4.69, 9.17) is 9.47 Å². The number of rotatable bonds is 5. The van der Waals surface area contributed by atoms with Crippen molar-refractivity contribution in [2.45, 2.75) is 26.2 Å². The summed E-state index contributed by atoms with van der Waals surface area (Å²) in [5, 5.41) is 0. The lowest BCUT2D eigenvalue weighted by Crippen LogP contribution is -2.47. The number of Topliss-reactive ketones (excluding diaryl/α,β-unsaturated/α-hetero) is 2. The van der Waals surface area contributed by atoms with E-state index in [1.165, 1.54) is 0 Å². The summed E-state index contributed by atoms with van der Waals surface area (Å²) in [6.45, 7) is 3.50. The molecule has 24 heavy (non-hydrogen) atoms. The van der Waals surface area contributed by atoms with Gasteiger partial charge in [0.1, 0.15) is 11.8 Å². The Hall–Kier alpha value is -2.50. The third-order valence-corrected chi connectivity index (χ3v) is 4.03. The van der Waals surface area contributed by atoms with E-state index in [1.807, 2.05) is 0 Å². The van der Waals surface area contributed by atoms with Crippen LogP contribution in [0.2, 0.25) is 0 Å². The molecule has 0 amide bonds. The second kappa shape index (κ2) is 7.86. The van der Waals surface area contributed by atoms with Gasteiger partial charge in [-0.25, -0.2) is 0 Å². The highest BCUT2D eigenvalue weighted by molar-refractivity contribution is 6.16. The van der Waals surface area contributed by atoms with Gasteiger partial charge in [0, 0.05) is 5.92 Å². The highest BCUT2D eigenvalue weighted by Gasteiger charge is 2.51. The van der Waals surface area contributed by atoms with E-state index in [2.05, 4.69) is 0 Å². The maximum Gasteiger partial charge on any atom is 0.317 e. The second-order valence-electron chi connectivity index (χ2n) is 5.51. The van der Waals surface area contributed by atoms with Gasteiger partial charge in [-0.3, -0.25) is 19.2 Å². The van der Waals surface area contributed by atoms with E-state index in [-0.39, 0.29) is 13.2 Å². The summed E-state index contributed by atoms with van der Waals surface area (Å²) < 4.78 is 10.0. The molecule has 1 aromatic carbocycles. The van der Waals surface area contributed by atoms with Crippen molar-refractivity contribution in [2.24, 2.45) is 11.8 Å². The molecule has 0 spiro atoms. The fourth-order valence-corrected chi connectivity index (χ4v) is 3.06. The highest BCUT2D eigenvalue weighted by Crippen LogP contribution is 2.40. The molecule has 0 saturated heterocycles. The van der Waals surface area contributed by atoms with Gasteiger partial charge in [-0.2, -0.15) is 0 Å². The molecule has 1 aromatic rings. The van der Waals surface area contributed by atoms with Crippen LogP contribution < -0.4 is 0 Å². The van der Waals surface area contributed by atoms with Crippen molar-refractivity contribution >= 4 is 23.5 Å². The van der Waals surface area contributed by atoms with E-state index in [0.29, 0.717) is 5.56 Å². The Morgan fingerprint density at radius 3 is 1.79 bits per heavy atom. The summed E-state index contributed by atoms with van der Waals surface area (Å²) in [5.41, 5.74) is 0.565. The average Bonchev–Trinajstić information content (AvgIpc) is 2.55. The largest absolute Gasteiger partial charge is 0.465 e. The van der Waals surface area contributed by atoms with E-state index in [1.54, 1.807) is 44.2 Å². The first-order valence-corrected chi connectivity index (χ1v) is 7.94. The molecule has 2 rings (SSSR count). The molecule has 1 fully saturated rings. The number of hydrogen-bond donors (Lipinski definition) is 0. The Bertz CT molecular complexity index is 600. The van der Waals surface area contributed by atoms with Crippen LogP contribution in [0.25, 0.3) is 0 Å². The number of benzene rings is 1. The maximum atomic E-state index is 12.4. The predicted octanol–water partition coefficient (Wildman–Crippen LogP) is 1.67. The van der Waals surface area contributed by atoms with E-state index in [0.717, 1.165) is 0 Å². The monoisotopic (exact) mass is 332 g/mol. The number of carbonyl (C=O) groups is 4. The molecule has 128 valence electrons. The molecule has 0 aromatic heterocycles. The zero-order chi connectivity index (χ0) is 17.7. The number of carbonyl (C=O) groups excluding carboxylic acids is 4. The lowest BCUT2D eigenvalue weighted by molar-refractivity contribution is -0.161. The van der Waals surface area contributed by atoms with Crippen LogP contribution in [0.1, 0.15) is 31.7 Å². The summed E-state index contributed by atoms with van der Waals surface area (Å²) in [7, 11) is 0. The Kier molecular flexibility index (Phi) is 5.84. The molecule has 0 N–H and O–H groups in total. The van der Waals surface area contributed by atoms with Crippen molar-refractivity contribution < 1.29 is 28.7 Å². The normalized spacial score (nSPS) is 23.7. The lowest BCUT2D eigenvalue weighted by Gasteiger charge is -2.33. The minimum absolute atomic E-state index is 0.113. The molecular formula is C18H20O6. The van der Waals surface area contributed by atoms with Crippen LogP contribution in [-0.4, -0.2) is 36.7 Å². The Labute approximate surface area is 140 Å². The van der Waals surface area contributed by atoms with Crippen LogP contribution in [0.3, 0.4) is 0 Å². The van der Waals surface area contributed by atoms with Crippen LogP contribution in [0, 0.1) is 11.8 Å². The first kappa shape index (κ1) is 17.8. The minimum Gasteiger partial charge on any atom is -0.465 e. The molecule has 6 heteroatoms. The number of ether oxygens (including phenoxy) is 2. The van der Waals surface area contributed by atoms with Crippen molar-refractivity contribution in [1.82, 2.24) is 0 Å². The van der Waals surface area contributed by atoms with Crippen molar-refractivity contribution in [3.05, 3.63) is 35.9 Å². The summed E-state index contributed by atoms with van der Waals surface area (Å²) in [6, 6.07) is 8.60. The number of ketones is 2. The van der Waals surface area contributed by atoms with Gasteiger partial charge in [0.15, 0.2) is 11.6 Å². The number of esters is 2. The SMILES string of the molecule is CCOC(=O)[C@H]1C(=O)CC(=O)[C@@H](C(=O)OCC)C1c1ccccc1. The van der Waals surface area contributed by atoms with Gasteiger partial charge in [0.25, 0.3) is 0 Å². The molecule has 0 bridgehead atoms. The van der Waals surface area contributed by atoms with Gasteiger partial charge in [-0.1, -0.05) is 30.3 Å². The third kappa shape index (κ3) is 3.53. The van der Waals surface area contributed by atoms with Crippen molar-refractivity contribution in [1.29, 1.82) is 0 Å². The molecular weight excluding hydrogens is 312 g/mol. The summed E-state index contributed by atoms with van der Waals surface area (Å²) >= 11 is 0. The van der Waals surface area contributed by atoms with Crippen LogP contribution >= 0.6 is 0 Å². The first-order chi connectivity index (χ1) is 11.5. The summed E-state index contributed by atoms with van der Waals surface area (Å²) in [5.74, 6) is -5.73. The topological polar surface area (TPSA) is 86.7 Å². The predicted molar refractivity (Wildman–Crippen MR) is 84.1 cm³/mol. The molecule has 3 atom stereocenters. The molecule has 0 heterocycles. The van der Waals surface area contributed by atoms with Crippen molar-refractivity contribution in [3.8, 4) is 0 Å². The molecule has 1 saturated carbocycles. The van der Waals surface area contributed by atoms with E-state index in [9.17, 15) is 19.2 Å². The minimum atomic E-state index is -1.18. The van der Waals surface area contributed by atoms with Gasteiger partial charge in [-0.15, -0.1) is 0 Å². The van der Waals surface area contributed by atoms with Crippen LogP contribution in [0.15, 0.2) is 30.3 Å². The second-order valence-corrected chi connectivity index (χ2v) is 5.51. The Morgan fingerprint density at radius 1 is 0.917 bits per heavy atom. The van der Waals surface area contributed by atoms with Crippen LogP contribution in [0.5, 0.6) is 0 Å². The standard InChI is InChI=1S/C18H20O6/c1-3-23-17(21)15-12(19)10-13(20)16(18(22)24-4-2)14(15)11-8-6-5-7-9-11/h5-9,14-16H,3-4,10H2,1-2H3/t14?,15-,16+. The molecule has 0 radical (unpaired) electrons. The maximum absolute atomic E-state index is 12.4. The molecule has 1 unspecified atom stereocenters. The average molecular weight is 332 g/mol. The number of hydrogen-bond acceptors (Lipinski definition) is 6. The van der Waals surface area contributed by atoms with E-state index < -0.39 is 47.7 Å². The lowest BCUT2D eigenvalue weighted by atomic mass is 9.67. The van der Waals surface area contributed by atoms with Gasteiger partial charge in [-0.05, 0) is 19.4 Å². The van der Waals surface area contributed by atoms with Crippen LogP contribution in [-0.2, 0) is 28.7 Å². The third-order valence-electron chi connectivity index (χ3n) is 4.03. The van der Waals surface area contributed by atoms with Crippen molar-refractivity contribution in [2.75, 3.05) is 13.2 Å². The summed E-state index contributed by atoms with van der Waals surface area (Å²) in [6.07, 6.45) is -0.462. The fourth-order valence-electron chi connectivity index (χ4n) is 3.06. The van der Waals surface area contributed by atoms with Crippen LogP contribution in [0.4, 0.5) is 0 Å². The van der Waals surface area contributed by atoms with Gasteiger partial charge in [0.2, 0.25) is 0 Å². The quantitative estimate of drug-likeness (QED) is 0.602. The zero-order valence-electron chi connectivity index (χ0n) is 13.7. The van der Waals surface area contributed by atoms with Gasteiger partial charge in [0.05, 0.1) is 19.6 Å². The molecule has 0 aliphatic heterocycles. The summed E-state index contributed by atoms with van der Waals surface area (Å²) in [4.78, 5) is 49.4. The zero-order valence-corrected chi connectivity index (χ0v) is 13.7. The van der Waals surface area contributed by atoms with Crippen molar-refractivity contribution in [3.63, 3.8) is 0 Å².